The second-order valence-electron chi connectivity index (χ2n) is 6.08. The zero-order valence-electron chi connectivity index (χ0n) is 14.1. The molecule has 24 heavy (non-hydrogen) atoms. The summed E-state index contributed by atoms with van der Waals surface area (Å²) in [5, 5.41) is 7.75. The Kier molecular flexibility index (Phi) is 4.93. The van der Waals surface area contributed by atoms with Crippen LogP contribution in [0.1, 0.15) is 22.2 Å². The molecule has 2 aromatic heterocycles. The number of aryl methyl sites for hydroxylation is 2. The summed E-state index contributed by atoms with van der Waals surface area (Å²) >= 11 is 5.94. The Bertz CT molecular complexity index is 726. The summed E-state index contributed by atoms with van der Waals surface area (Å²) in [6.45, 7) is 1.90. The molecule has 3 rings (SSSR count). The van der Waals surface area contributed by atoms with E-state index in [9.17, 15) is 4.79 Å². The number of nitrogens with zero attached hydrogens (tertiary/aromatic N) is 4. The molecule has 0 radical (unpaired) electrons. The first-order valence-corrected chi connectivity index (χ1v) is 8.25. The molecule has 130 valence electrons. The number of aromatic nitrogens is 3. The van der Waals surface area contributed by atoms with Gasteiger partial charge in [0.05, 0.1) is 29.5 Å². The third-order valence-electron chi connectivity index (χ3n) is 4.43. The van der Waals surface area contributed by atoms with Gasteiger partial charge in [-0.1, -0.05) is 11.6 Å². The van der Waals surface area contributed by atoms with E-state index in [1.54, 1.807) is 30.1 Å². The fraction of sp³-hybridized carbons (Fsp3) is 0.500. The second-order valence-corrected chi connectivity index (χ2v) is 6.52. The van der Waals surface area contributed by atoms with Crippen LogP contribution in [0.25, 0.3) is 0 Å². The van der Waals surface area contributed by atoms with Crippen LogP contribution in [-0.4, -0.2) is 58.0 Å². The van der Waals surface area contributed by atoms with Crippen molar-refractivity contribution in [3.8, 4) is 0 Å². The third-order valence-corrected chi connectivity index (χ3v) is 4.64. The number of hydrogen-bond donors (Lipinski definition) is 1. The summed E-state index contributed by atoms with van der Waals surface area (Å²) in [6.07, 6.45) is 3.35. The van der Waals surface area contributed by atoms with Crippen molar-refractivity contribution >= 4 is 17.5 Å². The molecule has 0 aromatic carbocycles. The van der Waals surface area contributed by atoms with Crippen LogP contribution in [0.5, 0.6) is 0 Å². The molecule has 1 aliphatic rings. The monoisotopic (exact) mass is 351 g/mol. The fourth-order valence-corrected chi connectivity index (χ4v) is 3.41. The molecule has 0 saturated carbocycles. The molecule has 0 unspecified atom stereocenters. The van der Waals surface area contributed by atoms with E-state index in [2.05, 4.69) is 22.4 Å². The lowest BCUT2D eigenvalue weighted by Crippen LogP contribution is -2.49. The van der Waals surface area contributed by atoms with Crippen molar-refractivity contribution in [3.05, 3.63) is 40.9 Å². The number of carbonyl (C=O) groups excluding carboxylic acids is 1. The van der Waals surface area contributed by atoms with Crippen LogP contribution in [0.15, 0.2) is 24.5 Å². The van der Waals surface area contributed by atoms with E-state index in [1.807, 2.05) is 17.8 Å². The van der Waals surface area contributed by atoms with Gasteiger partial charge >= 0.3 is 0 Å². The van der Waals surface area contributed by atoms with Crippen LogP contribution >= 0.6 is 11.6 Å². The summed E-state index contributed by atoms with van der Waals surface area (Å²) in [6, 6.07) is 3.69. The molecule has 1 amide bonds. The number of morpholine rings is 1. The number of rotatable bonds is 4. The van der Waals surface area contributed by atoms with Gasteiger partial charge in [-0.05, 0) is 19.2 Å². The number of ether oxygens (including phenoxy) is 1. The Hall–Kier alpha value is -1.83. The average Bonchev–Trinajstić information content (AvgIpc) is 3.10. The molecule has 2 atom stereocenters. The molecule has 2 aromatic rings. The Labute approximate surface area is 146 Å². The molecule has 7 nitrogen and oxygen atoms in total. The van der Waals surface area contributed by atoms with Gasteiger partial charge in [0.1, 0.15) is 5.69 Å². The van der Waals surface area contributed by atoms with E-state index in [1.165, 1.54) is 0 Å². The highest BCUT2D eigenvalue weighted by Crippen LogP contribution is 2.27. The first-order chi connectivity index (χ1) is 11.5. The largest absolute Gasteiger partial charge is 0.373 e. The molecule has 8 heteroatoms. The third kappa shape index (κ3) is 3.33. The van der Waals surface area contributed by atoms with Crippen LogP contribution in [0, 0.1) is 0 Å². The predicted molar refractivity (Wildman–Crippen MR) is 91.1 cm³/mol. The second kappa shape index (κ2) is 6.96. The smallest absolute Gasteiger partial charge is 0.268 e. The van der Waals surface area contributed by atoms with Crippen LogP contribution in [0.4, 0.5) is 0 Å². The van der Waals surface area contributed by atoms with Crippen molar-refractivity contribution in [3.63, 3.8) is 0 Å². The van der Waals surface area contributed by atoms with Gasteiger partial charge < -0.3 is 14.6 Å². The molecule has 1 N–H and O–H groups in total. The zero-order chi connectivity index (χ0) is 17.3. The minimum atomic E-state index is -0.162. The number of likely N-dealkylation sites (N-methyl/N-ethyl adjacent to an activating group) is 1. The molecular formula is C16H22ClN5O2. The SMILES string of the molecule is CN1CCO[C@@H](CNC(=O)c2cc(Cl)cn2C)[C@@H]1c1ccnn1C. The molecule has 1 fully saturated rings. The Morgan fingerprint density at radius 3 is 2.88 bits per heavy atom. The van der Waals surface area contributed by atoms with Crippen molar-refractivity contribution in [2.45, 2.75) is 12.1 Å². The molecule has 0 aliphatic carbocycles. The maximum absolute atomic E-state index is 12.4. The minimum Gasteiger partial charge on any atom is -0.373 e. The van der Waals surface area contributed by atoms with E-state index in [0.717, 1.165) is 12.2 Å². The van der Waals surface area contributed by atoms with E-state index in [0.29, 0.717) is 23.9 Å². The van der Waals surface area contributed by atoms with Gasteiger partial charge in [-0.15, -0.1) is 0 Å². The molecule has 3 heterocycles. The summed E-state index contributed by atoms with van der Waals surface area (Å²) in [5.41, 5.74) is 1.60. The number of amides is 1. The van der Waals surface area contributed by atoms with Gasteiger partial charge in [0.2, 0.25) is 0 Å². The van der Waals surface area contributed by atoms with E-state index in [4.69, 9.17) is 16.3 Å². The summed E-state index contributed by atoms with van der Waals surface area (Å²) in [7, 11) is 5.77. The molecule has 1 saturated heterocycles. The lowest BCUT2D eigenvalue weighted by atomic mass is 10.0. The van der Waals surface area contributed by atoms with Gasteiger partial charge in [0.15, 0.2) is 0 Å². The van der Waals surface area contributed by atoms with Crippen molar-refractivity contribution in [1.29, 1.82) is 0 Å². The maximum Gasteiger partial charge on any atom is 0.268 e. The summed E-state index contributed by atoms with van der Waals surface area (Å²) in [5.74, 6) is -0.162. The van der Waals surface area contributed by atoms with Crippen molar-refractivity contribution < 1.29 is 9.53 Å². The summed E-state index contributed by atoms with van der Waals surface area (Å²) < 4.78 is 9.49. The van der Waals surface area contributed by atoms with Crippen LogP contribution in [0.2, 0.25) is 5.02 Å². The van der Waals surface area contributed by atoms with Crippen LogP contribution < -0.4 is 5.32 Å². The molecule has 0 bridgehead atoms. The average molecular weight is 352 g/mol. The van der Waals surface area contributed by atoms with Crippen molar-refractivity contribution in [2.24, 2.45) is 14.1 Å². The Morgan fingerprint density at radius 2 is 2.25 bits per heavy atom. The first-order valence-electron chi connectivity index (χ1n) is 7.87. The zero-order valence-corrected chi connectivity index (χ0v) is 14.8. The fourth-order valence-electron chi connectivity index (χ4n) is 3.16. The first kappa shape index (κ1) is 17.0. The lowest BCUT2D eigenvalue weighted by molar-refractivity contribution is -0.0629. The van der Waals surface area contributed by atoms with E-state index < -0.39 is 0 Å². The topological polar surface area (TPSA) is 64.3 Å². The highest BCUT2D eigenvalue weighted by atomic mass is 35.5. The van der Waals surface area contributed by atoms with E-state index in [-0.39, 0.29) is 18.1 Å². The lowest BCUT2D eigenvalue weighted by Gasteiger charge is -2.39. The number of nitrogens with one attached hydrogen (secondary N) is 1. The van der Waals surface area contributed by atoms with E-state index >= 15 is 0 Å². The van der Waals surface area contributed by atoms with Gasteiger partial charge in [-0.25, -0.2) is 0 Å². The maximum atomic E-state index is 12.4. The quantitative estimate of drug-likeness (QED) is 0.899. The number of hydrogen-bond acceptors (Lipinski definition) is 4. The molecule has 1 aliphatic heterocycles. The molecular weight excluding hydrogens is 330 g/mol. The summed E-state index contributed by atoms with van der Waals surface area (Å²) in [4.78, 5) is 14.6. The van der Waals surface area contributed by atoms with Gasteiger partial charge in [-0.2, -0.15) is 5.10 Å². The van der Waals surface area contributed by atoms with Crippen LogP contribution in [-0.2, 0) is 18.8 Å². The van der Waals surface area contributed by atoms with Gasteiger partial charge in [-0.3, -0.25) is 14.4 Å². The normalized spacial score (nSPS) is 21.8. The standard InChI is InChI=1S/C16H22ClN5O2/c1-20-6-7-24-14(15(20)12-4-5-19-22(12)3)9-18-16(23)13-8-11(17)10-21(13)2/h4-5,8,10,14-15H,6-7,9H2,1-3H3,(H,18,23)/t14-,15-/m0/s1. The number of carbonyl (C=O) groups is 1. The highest BCUT2D eigenvalue weighted by Gasteiger charge is 2.33. The minimum absolute atomic E-state index is 0.0450. The molecule has 0 spiro atoms. The Balaban J connectivity index is 1.71. The number of halogens is 1. The highest BCUT2D eigenvalue weighted by molar-refractivity contribution is 6.31. The van der Waals surface area contributed by atoms with Crippen LogP contribution in [0.3, 0.4) is 0 Å². The van der Waals surface area contributed by atoms with Crippen molar-refractivity contribution in [2.75, 3.05) is 26.7 Å². The van der Waals surface area contributed by atoms with Gasteiger partial charge in [0.25, 0.3) is 5.91 Å². The van der Waals surface area contributed by atoms with Crippen molar-refractivity contribution in [1.82, 2.24) is 24.6 Å². The predicted octanol–water partition coefficient (Wildman–Crippen LogP) is 1.21. The van der Waals surface area contributed by atoms with Gasteiger partial charge in [0, 0.05) is 39.6 Å². The Morgan fingerprint density at radius 1 is 1.46 bits per heavy atom.